The predicted octanol–water partition coefficient (Wildman–Crippen LogP) is 3.14. The van der Waals surface area contributed by atoms with E-state index in [0.717, 1.165) is 11.3 Å². The molecule has 8 nitrogen and oxygen atoms in total. The molecule has 2 aromatic carbocycles. The third-order valence-electron chi connectivity index (χ3n) is 4.85. The number of benzene rings is 2. The van der Waals surface area contributed by atoms with Crippen molar-refractivity contribution in [2.24, 2.45) is 12.0 Å². The van der Waals surface area contributed by atoms with Crippen molar-refractivity contribution in [2.45, 2.75) is 18.7 Å². The first-order valence-corrected chi connectivity index (χ1v) is 12.0. The molecular weight excluding hydrogens is 450 g/mol. The summed E-state index contributed by atoms with van der Waals surface area (Å²) in [5.41, 5.74) is 1.40. The van der Waals surface area contributed by atoms with Crippen LogP contribution in [-0.2, 0) is 21.8 Å². The van der Waals surface area contributed by atoms with Gasteiger partial charge in [-0.15, -0.1) is 0 Å². The van der Waals surface area contributed by atoms with E-state index in [-0.39, 0.29) is 17.1 Å². The molecule has 0 atom stereocenters. The second kappa shape index (κ2) is 9.49. The van der Waals surface area contributed by atoms with Gasteiger partial charge in [0.1, 0.15) is 4.88 Å². The Hall–Kier alpha value is -3.24. The molecule has 1 amide bonds. The van der Waals surface area contributed by atoms with Gasteiger partial charge in [-0.25, -0.2) is 13.2 Å². The molecule has 3 aromatic rings. The molecular formula is C22H23N3O5S2. The fraction of sp³-hybridized carbons (Fsp3) is 0.227. The topological polar surface area (TPSA) is 98.0 Å². The van der Waals surface area contributed by atoms with Crippen molar-refractivity contribution in [3.8, 4) is 0 Å². The quantitative estimate of drug-likeness (QED) is 0.512. The Balaban J connectivity index is 1.88. The SMILES string of the molecule is CCOC(=O)c1sc(=NC(=O)c2ccc(S(=O)(=O)N(C)c3ccccc3)cc2)n(C)c1C. The van der Waals surface area contributed by atoms with Gasteiger partial charge in [-0.05, 0) is 50.2 Å². The van der Waals surface area contributed by atoms with Crippen LogP contribution in [0.25, 0.3) is 0 Å². The Kier molecular flexibility index (Phi) is 6.95. The minimum atomic E-state index is -3.78. The van der Waals surface area contributed by atoms with Crippen molar-refractivity contribution in [1.82, 2.24) is 4.57 Å². The van der Waals surface area contributed by atoms with E-state index in [9.17, 15) is 18.0 Å². The Morgan fingerprint density at radius 3 is 2.31 bits per heavy atom. The summed E-state index contributed by atoms with van der Waals surface area (Å²) in [7, 11) is -0.604. The summed E-state index contributed by atoms with van der Waals surface area (Å²) in [5, 5.41) is 0. The first-order chi connectivity index (χ1) is 15.2. The summed E-state index contributed by atoms with van der Waals surface area (Å²) >= 11 is 1.06. The maximum atomic E-state index is 12.9. The number of carbonyl (C=O) groups excluding carboxylic acids is 2. The van der Waals surface area contributed by atoms with Crippen molar-refractivity contribution in [3.05, 3.63) is 75.5 Å². The number of nitrogens with zero attached hydrogens (tertiary/aromatic N) is 3. The third-order valence-corrected chi connectivity index (χ3v) is 7.86. The highest BCUT2D eigenvalue weighted by molar-refractivity contribution is 7.92. The van der Waals surface area contributed by atoms with Gasteiger partial charge in [0.2, 0.25) is 0 Å². The van der Waals surface area contributed by atoms with Gasteiger partial charge in [0, 0.05) is 25.4 Å². The van der Waals surface area contributed by atoms with Crippen LogP contribution >= 0.6 is 11.3 Å². The number of thiazole rings is 1. The van der Waals surface area contributed by atoms with Gasteiger partial charge in [0.05, 0.1) is 17.2 Å². The van der Waals surface area contributed by atoms with Crippen LogP contribution in [0.2, 0.25) is 0 Å². The zero-order valence-corrected chi connectivity index (χ0v) is 19.7. The molecule has 0 bridgehead atoms. The summed E-state index contributed by atoms with van der Waals surface area (Å²) < 4.78 is 33.6. The van der Waals surface area contributed by atoms with Crippen LogP contribution in [0, 0.1) is 6.92 Å². The van der Waals surface area contributed by atoms with Gasteiger partial charge in [-0.3, -0.25) is 9.10 Å². The van der Waals surface area contributed by atoms with Crippen LogP contribution in [0.4, 0.5) is 5.69 Å². The Morgan fingerprint density at radius 2 is 1.72 bits per heavy atom. The largest absolute Gasteiger partial charge is 0.462 e. The van der Waals surface area contributed by atoms with Crippen molar-refractivity contribution in [1.29, 1.82) is 0 Å². The summed E-state index contributed by atoms with van der Waals surface area (Å²) in [6.07, 6.45) is 0. The molecule has 3 rings (SSSR count). The lowest BCUT2D eigenvalue weighted by Crippen LogP contribution is -2.26. The van der Waals surface area contributed by atoms with E-state index in [4.69, 9.17) is 4.74 Å². The number of rotatable bonds is 6. The van der Waals surface area contributed by atoms with Gasteiger partial charge < -0.3 is 9.30 Å². The fourth-order valence-corrected chi connectivity index (χ4v) is 5.08. The molecule has 0 N–H and O–H groups in total. The molecule has 0 aliphatic rings. The third kappa shape index (κ3) is 4.66. The van der Waals surface area contributed by atoms with Crippen molar-refractivity contribution in [2.75, 3.05) is 18.0 Å². The molecule has 0 radical (unpaired) electrons. The Morgan fingerprint density at radius 1 is 1.09 bits per heavy atom. The number of hydrogen-bond acceptors (Lipinski definition) is 6. The molecule has 0 spiro atoms. The van der Waals surface area contributed by atoms with Crippen LogP contribution in [0.5, 0.6) is 0 Å². The molecule has 0 unspecified atom stereocenters. The number of ether oxygens (including phenoxy) is 1. The average Bonchev–Trinajstić information content (AvgIpc) is 3.08. The number of carbonyl (C=O) groups is 2. The molecule has 0 saturated carbocycles. The highest BCUT2D eigenvalue weighted by atomic mass is 32.2. The zero-order valence-electron chi connectivity index (χ0n) is 18.1. The number of aromatic nitrogens is 1. The smallest absolute Gasteiger partial charge is 0.350 e. The minimum absolute atomic E-state index is 0.0579. The van der Waals surface area contributed by atoms with Gasteiger partial charge >= 0.3 is 5.97 Å². The van der Waals surface area contributed by atoms with Crippen molar-refractivity contribution < 1.29 is 22.7 Å². The Labute approximate surface area is 190 Å². The molecule has 0 saturated heterocycles. The predicted molar refractivity (Wildman–Crippen MR) is 122 cm³/mol. The first kappa shape index (κ1) is 23.4. The molecule has 1 aromatic heterocycles. The maximum Gasteiger partial charge on any atom is 0.350 e. The number of esters is 1. The van der Waals surface area contributed by atoms with Gasteiger partial charge in [0.15, 0.2) is 4.80 Å². The fourth-order valence-electron chi connectivity index (χ4n) is 2.87. The molecule has 0 aliphatic carbocycles. The second-order valence-corrected chi connectivity index (χ2v) is 9.77. The van der Waals surface area contributed by atoms with Crippen molar-refractivity contribution >= 4 is 38.9 Å². The lowest BCUT2D eigenvalue weighted by atomic mass is 10.2. The van der Waals surface area contributed by atoms with E-state index in [1.54, 1.807) is 55.8 Å². The van der Waals surface area contributed by atoms with Gasteiger partial charge in [0.25, 0.3) is 15.9 Å². The molecule has 0 fully saturated rings. The van der Waals surface area contributed by atoms with E-state index in [1.165, 1.54) is 35.6 Å². The van der Waals surface area contributed by atoms with Gasteiger partial charge in [-0.1, -0.05) is 29.5 Å². The van der Waals surface area contributed by atoms with E-state index in [0.29, 0.717) is 21.1 Å². The summed E-state index contributed by atoms with van der Waals surface area (Å²) in [6.45, 7) is 3.71. The number of anilines is 1. The van der Waals surface area contributed by atoms with E-state index >= 15 is 0 Å². The molecule has 32 heavy (non-hydrogen) atoms. The minimum Gasteiger partial charge on any atom is -0.462 e. The number of para-hydroxylation sites is 1. The normalized spacial score (nSPS) is 11.9. The van der Waals surface area contributed by atoms with E-state index < -0.39 is 21.9 Å². The number of amides is 1. The van der Waals surface area contributed by atoms with Crippen LogP contribution < -0.4 is 9.11 Å². The van der Waals surface area contributed by atoms with E-state index in [1.807, 2.05) is 0 Å². The highest BCUT2D eigenvalue weighted by Gasteiger charge is 2.22. The summed E-state index contributed by atoms with van der Waals surface area (Å²) in [4.78, 5) is 29.6. The lowest BCUT2D eigenvalue weighted by molar-refractivity contribution is 0.0530. The average molecular weight is 474 g/mol. The van der Waals surface area contributed by atoms with Crippen LogP contribution in [0.1, 0.15) is 32.6 Å². The maximum absolute atomic E-state index is 12.9. The molecule has 1 heterocycles. The standard InChI is InChI=1S/C22H23N3O5S2/c1-5-30-21(27)19-15(2)24(3)22(31-19)23-20(26)16-11-13-18(14-12-16)32(28,29)25(4)17-9-7-6-8-10-17/h6-14H,5H2,1-4H3. The molecule has 10 heteroatoms. The monoisotopic (exact) mass is 473 g/mol. The van der Waals surface area contributed by atoms with Crippen LogP contribution in [0.3, 0.4) is 0 Å². The summed E-state index contributed by atoms with van der Waals surface area (Å²) in [5.74, 6) is -1.01. The number of hydrogen-bond donors (Lipinski definition) is 0. The first-order valence-electron chi connectivity index (χ1n) is 9.73. The van der Waals surface area contributed by atoms with E-state index in [2.05, 4.69) is 4.99 Å². The zero-order chi connectivity index (χ0) is 23.5. The lowest BCUT2D eigenvalue weighted by Gasteiger charge is -2.19. The number of sulfonamides is 1. The van der Waals surface area contributed by atoms with Crippen molar-refractivity contribution in [3.63, 3.8) is 0 Å². The van der Waals surface area contributed by atoms with Crippen LogP contribution in [0.15, 0.2) is 64.5 Å². The highest BCUT2D eigenvalue weighted by Crippen LogP contribution is 2.22. The van der Waals surface area contributed by atoms with Crippen LogP contribution in [-0.4, -0.2) is 38.5 Å². The summed E-state index contributed by atoms with van der Waals surface area (Å²) in [6, 6.07) is 14.3. The molecule has 0 aliphatic heterocycles. The molecule has 168 valence electrons. The Bertz CT molecular complexity index is 1310. The second-order valence-electron chi connectivity index (χ2n) is 6.83. The van der Waals surface area contributed by atoms with Gasteiger partial charge in [-0.2, -0.15) is 4.99 Å².